The van der Waals surface area contributed by atoms with E-state index in [0.29, 0.717) is 6.04 Å². The highest BCUT2D eigenvalue weighted by Gasteiger charge is 2.13. The van der Waals surface area contributed by atoms with Gasteiger partial charge in [0.1, 0.15) is 0 Å². The van der Waals surface area contributed by atoms with E-state index in [9.17, 15) is 0 Å². The zero-order valence-electron chi connectivity index (χ0n) is 11.1. The number of anilines is 1. The topological polar surface area (TPSA) is 29.9 Å². The second-order valence-electron chi connectivity index (χ2n) is 4.45. The Bertz CT molecular complexity index is 447. The fraction of sp³-hybridized carbons (Fsp3) is 0.500. The van der Waals surface area contributed by atoms with Gasteiger partial charge in [0.05, 0.1) is 6.04 Å². The molecule has 0 aliphatic heterocycles. The zero-order valence-corrected chi connectivity index (χ0v) is 11.9. The monoisotopic (exact) mass is 263 g/mol. The molecule has 18 heavy (non-hydrogen) atoms. The normalized spacial score (nSPS) is 12.6. The zero-order chi connectivity index (χ0) is 12.8. The molecule has 0 radical (unpaired) electrons. The Hall–Kier alpha value is -1.29. The highest BCUT2D eigenvalue weighted by Crippen LogP contribution is 2.26. The number of aromatic nitrogens is 2. The molecule has 1 N–H and O–H groups in total. The van der Waals surface area contributed by atoms with Crippen LogP contribution in [0.4, 0.5) is 5.95 Å². The molecule has 1 unspecified atom stereocenters. The number of rotatable bonds is 7. The predicted molar refractivity (Wildman–Crippen MR) is 78.1 cm³/mol. The van der Waals surface area contributed by atoms with Gasteiger partial charge in [0.15, 0.2) is 0 Å². The minimum absolute atomic E-state index is 0.382. The molecule has 2 aromatic heterocycles. The first-order valence-electron chi connectivity index (χ1n) is 6.66. The van der Waals surface area contributed by atoms with Crippen LogP contribution >= 0.6 is 11.3 Å². The van der Waals surface area contributed by atoms with Gasteiger partial charge in [0.25, 0.3) is 0 Å². The van der Waals surface area contributed by atoms with Gasteiger partial charge in [-0.1, -0.05) is 26.3 Å². The second kappa shape index (κ2) is 6.59. The second-order valence-corrected chi connectivity index (χ2v) is 5.42. The van der Waals surface area contributed by atoms with Gasteiger partial charge in [-0.05, 0) is 24.3 Å². The summed E-state index contributed by atoms with van der Waals surface area (Å²) in [5.74, 6) is 0.990. The van der Waals surface area contributed by atoms with Crippen molar-refractivity contribution in [3.8, 4) is 0 Å². The molecule has 3 nitrogen and oxygen atoms in total. The van der Waals surface area contributed by atoms with Gasteiger partial charge in [-0.15, -0.1) is 11.3 Å². The van der Waals surface area contributed by atoms with E-state index in [-0.39, 0.29) is 0 Å². The third-order valence-electron chi connectivity index (χ3n) is 2.95. The summed E-state index contributed by atoms with van der Waals surface area (Å²) in [4.78, 5) is 5.81. The van der Waals surface area contributed by atoms with E-state index in [1.807, 2.05) is 23.7 Å². The van der Waals surface area contributed by atoms with Gasteiger partial charge in [0, 0.05) is 23.8 Å². The Kier molecular flexibility index (Phi) is 4.81. The Balaban J connectivity index is 2.11. The quantitative estimate of drug-likeness (QED) is 0.806. The van der Waals surface area contributed by atoms with Gasteiger partial charge >= 0.3 is 0 Å². The third kappa shape index (κ3) is 3.13. The van der Waals surface area contributed by atoms with Crippen molar-refractivity contribution in [3.05, 3.63) is 34.8 Å². The third-order valence-corrected chi connectivity index (χ3v) is 3.93. The Labute approximate surface area is 113 Å². The Morgan fingerprint density at radius 2 is 2.28 bits per heavy atom. The van der Waals surface area contributed by atoms with Crippen molar-refractivity contribution in [1.82, 2.24) is 9.55 Å². The summed E-state index contributed by atoms with van der Waals surface area (Å²) in [7, 11) is 0. The lowest BCUT2D eigenvalue weighted by molar-refractivity contribution is 0.644. The fourth-order valence-corrected chi connectivity index (χ4v) is 2.90. The van der Waals surface area contributed by atoms with Crippen LogP contribution in [0.3, 0.4) is 0 Å². The van der Waals surface area contributed by atoms with E-state index in [2.05, 4.69) is 46.2 Å². The molecule has 0 spiro atoms. The van der Waals surface area contributed by atoms with Crippen LogP contribution in [0.15, 0.2) is 29.9 Å². The SMILES string of the molecule is CCCC(Nc1nccn1CCC)c1cccs1. The molecule has 0 amide bonds. The van der Waals surface area contributed by atoms with Crippen molar-refractivity contribution in [2.45, 2.75) is 45.7 Å². The average molecular weight is 263 g/mol. The predicted octanol–water partition coefficient (Wildman–Crippen LogP) is 4.31. The molecule has 98 valence electrons. The first kappa shape index (κ1) is 13.1. The van der Waals surface area contributed by atoms with Crippen LogP contribution in [-0.4, -0.2) is 9.55 Å². The highest BCUT2D eigenvalue weighted by atomic mass is 32.1. The van der Waals surface area contributed by atoms with E-state index in [4.69, 9.17) is 0 Å². The van der Waals surface area contributed by atoms with Crippen molar-refractivity contribution in [2.75, 3.05) is 5.32 Å². The van der Waals surface area contributed by atoms with Crippen LogP contribution in [0.25, 0.3) is 0 Å². The molecule has 0 saturated carbocycles. The first-order valence-corrected chi connectivity index (χ1v) is 7.54. The maximum Gasteiger partial charge on any atom is 0.203 e. The standard InChI is InChI=1S/C14H21N3S/c1-3-6-12(13-7-5-11-18-13)16-14-15-8-10-17(14)9-4-2/h5,7-8,10-12H,3-4,6,9H2,1-2H3,(H,15,16). The number of nitrogens with zero attached hydrogens (tertiary/aromatic N) is 2. The largest absolute Gasteiger partial charge is 0.348 e. The molecule has 1 atom stereocenters. The molecule has 0 aliphatic carbocycles. The lowest BCUT2D eigenvalue weighted by Gasteiger charge is -2.18. The van der Waals surface area contributed by atoms with Gasteiger partial charge in [-0.25, -0.2) is 4.98 Å². The van der Waals surface area contributed by atoms with Gasteiger partial charge < -0.3 is 9.88 Å². The van der Waals surface area contributed by atoms with Gasteiger partial charge in [0.2, 0.25) is 5.95 Å². The molecular formula is C14H21N3S. The van der Waals surface area contributed by atoms with Crippen LogP contribution in [-0.2, 0) is 6.54 Å². The smallest absolute Gasteiger partial charge is 0.203 e. The maximum atomic E-state index is 4.42. The summed E-state index contributed by atoms with van der Waals surface area (Å²) >= 11 is 1.81. The number of imidazole rings is 1. The molecule has 0 aliphatic rings. The van der Waals surface area contributed by atoms with E-state index >= 15 is 0 Å². The minimum Gasteiger partial charge on any atom is -0.348 e. The Morgan fingerprint density at radius 1 is 1.39 bits per heavy atom. The van der Waals surface area contributed by atoms with Crippen molar-refractivity contribution < 1.29 is 0 Å². The summed E-state index contributed by atoms with van der Waals surface area (Å²) in [6, 6.07) is 4.70. The van der Waals surface area contributed by atoms with E-state index in [0.717, 1.165) is 25.3 Å². The molecule has 4 heteroatoms. The van der Waals surface area contributed by atoms with Gasteiger partial charge in [-0.2, -0.15) is 0 Å². The molecule has 0 fully saturated rings. The summed E-state index contributed by atoms with van der Waals surface area (Å²) in [6.45, 7) is 5.43. The van der Waals surface area contributed by atoms with Crippen LogP contribution in [0.2, 0.25) is 0 Å². The van der Waals surface area contributed by atoms with Crippen molar-refractivity contribution in [1.29, 1.82) is 0 Å². The van der Waals surface area contributed by atoms with E-state index in [1.165, 1.54) is 11.3 Å². The number of hydrogen-bond acceptors (Lipinski definition) is 3. The van der Waals surface area contributed by atoms with Crippen molar-refractivity contribution in [2.24, 2.45) is 0 Å². The fourth-order valence-electron chi connectivity index (χ4n) is 2.09. The van der Waals surface area contributed by atoms with Crippen molar-refractivity contribution >= 4 is 17.3 Å². The summed E-state index contributed by atoms with van der Waals surface area (Å²) < 4.78 is 2.19. The van der Waals surface area contributed by atoms with Crippen LogP contribution in [0.1, 0.15) is 44.0 Å². The lowest BCUT2D eigenvalue weighted by atomic mass is 10.1. The number of nitrogens with one attached hydrogen (secondary N) is 1. The molecule has 2 heterocycles. The summed E-state index contributed by atoms with van der Waals surface area (Å²) in [6.07, 6.45) is 7.35. The minimum atomic E-state index is 0.382. The van der Waals surface area contributed by atoms with E-state index < -0.39 is 0 Å². The molecule has 2 aromatic rings. The molecule has 2 rings (SSSR count). The highest BCUT2D eigenvalue weighted by molar-refractivity contribution is 7.10. The van der Waals surface area contributed by atoms with Crippen LogP contribution < -0.4 is 5.32 Å². The number of hydrogen-bond donors (Lipinski definition) is 1. The van der Waals surface area contributed by atoms with Gasteiger partial charge in [-0.3, -0.25) is 0 Å². The number of thiophene rings is 1. The van der Waals surface area contributed by atoms with Crippen LogP contribution in [0, 0.1) is 0 Å². The lowest BCUT2D eigenvalue weighted by Crippen LogP contribution is -2.13. The van der Waals surface area contributed by atoms with Crippen LogP contribution in [0.5, 0.6) is 0 Å². The average Bonchev–Trinajstić information content (AvgIpc) is 3.01. The molecule has 0 aromatic carbocycles. The molecule has 0 saturated heterocycles. The molecular weight excluding hydrogens is 242 g/mol. The molecule has 0 bridgehead atoms. The summed E-state index contributed by atoms with van der Waals surface area (Å²) in [5.41, 5.74) is 0. The number of aryl methyl sites for hydroxylation is 1. The first-order chi connectivity index (χ1) is 8.85. The van der Waals surface area contributed by atoms with Crippen molar-refractivity contribution in [3.63, 3.8) is 0 Å². The Morgan fingerprint density at radius 3 is 2.94 bits per heavy atom. The van der Waals surface area contributed by atoms with E-state index in [1.54, 1.807) is 0 Å². The maximum absolute atomic E-state index is 4.42. The summed E-state index contributed by atoms with van der Waals surface area (Å²) in [5, 5.41) is 5.72.